The van der Waals surface area contributed by atoms with Gasteiger partial charge in [0, 0.05) is 17.6 Å². The lowest BCUT2D eigenvalue weighted by Gasteiger charge is -2.18. The number of benzene rings is 2. The highest BCUT2D eigenvalue weighted by Crippen LogP contribution is 2.28. The lowest BCUT2D eigenvalue weighted by atomic mass is 10.1. The van der Waals surface area contributed by atoms with E-state index < -0.39 is 0 Å². The fourth-order valence-corrected chi connectivity index (χ4v) is 4.49. The number of para-hydroxylation sites is 1. The van der Waals surface area contributed by atoms with Crippen LogP contribution in [0.15, 0.2) is 53.5 Å². The van der Waals surface area contributed by atoms with Crippen LogP contribution in [0.4, 0.5) is 5.69 Å². The Morgan fingerprint density at radius 3 is 2.64 bits per heavy atom. The number of fused-ring (bicyclic) bond motifs is 2. The molecule has 2 aromatic carbocycles. The standard InChI is InChI=1S/C26H27N5O2/c1-16(2)24-21-14-27-31(20-10-9-17(3)18(4)13-20)25(21)26(33)30(28-24)15-23(32)29-12-11-19-7-5-6-8-22(19)29/h5-10,13-14,16H,11-12,15H2,1-4H3. The maximum atomic E-state index is 13.6. The number of aromatic nitrogens is 4. The van der Waals surface area contributed by atoms with Gasteiger partial charge < -0.3 is 4.90 Å². The fourth-order valence-electron chi connectivity index (χ4n) is 4.49. The van der Waals surface area contributed by atoms with Gasteiger partial charge in [0.1, 0.15) is 12.1 Å². The van der Waals surface area contributed by atoms with Gasteiger partial charge in [-0.2, -0.15) is 10.2 Å². The van der Waals surface area contributed by atoms with Crippen molar-refractivity contribution in [3.05, 3.63) is 81.4 Å². The minimum atomic E-state index is -0.314. The number of rotatable bonds is 4. The average molecular weight is 442 g/mol. The third kappa shape index (κ3) is 3.53. The van der Waals surface area contributed by atoms with Gasteiger partial charge in [0.05, 0.1) is 17.6 Å². The van der Waals surface area contributed by atoms with Crippen molar-refractivity contribution in [2.24, 2.45) is 0 Å². The lowest BCUT2D eigenvalue weighted by molar-refractivity contribution is -0.119. The van der Waals surface area contributed by atoms with Crippen molar-refractivity contribution in [1.29, 1.82) is 0 Å². The molecule has 7 heteroatoms. The number of hydrogen-bond acceptors (Lipinski definition) is 4. The van der Waals surface area contributed by atoms with Gasteiger partial charge in [-0.25, -0.2) is 9.36 Å². The highest BCUT2D eigenvalue weighted by Gasteiger charge is 2.26. The Balaban J connectivity index is 1.61. The zero-order valence-electron chi connectivity index (χ0n) is 19.4. The summed E-state index contributed by atoms with van der Waals surface area (Å²) in [6.45, 7) is 8.66. The van der Waals surface area contributed by atoms with E-state index in [1.54, 1.807) is 15.8 Å². The fraction of sp³-hybridized carbons (Fsp3) is 0.308. The molecule has 0 spiro atoms. The summed E-state index contributed by atoms with van der Waals surface area (Å²) in [4.78, 5) is 28.6. The zero-order valence-corrected chi connectivity index (χ0v) is 19.4. The first-order valence-electron chi connectivity index (χ1n) is 11.3. The Morgan fingerprint density at radius 1 is 1.09 bits per heavy atom. The molecule has 3 heterocycles. The van der Waals surface area contributed by atoms with Gasteiger partial charge >= 0.3 is 0 Å². The Bertz CT molecular complexity index is 1450. The van der Waals surface area contributed by atoms with Gasteiger partial charge in [0.15, 0.2) is 0 Å². The Labute approximate surface area is 192 Å². The molecule has 1 aliphatic rings. The Kier molecular flexibility index (Phi) is 5.12. The molecule has 0 saturated heterocycles. The molecule has 0 saturated carbocycles. The van der Waals surface area contributed by atoms with Crippen LogP contribution in [0.3, 0.4) is 0 Å². The second-order valence-corrected chi connectivity index (χ2v) is 9.01. The van der Waals surface area contributed by atoms with Crippen LogP contribution in [0.1, 0.15) is 42.1 Å². The van der Waals surface area contributed by atoms with Crippen LogP contribution in [0, 0.1) is 13.8 Å². The van der Waals surface area contributed by atoms with Gasteiger partial charge in [-0.15, -0.1) is 0 Å². The van der Waals surface area contributed by atoms with Gasteiger partial charge in [0.25, 0.3) is 5.56 Å². The van der Waals surface area contributed by atoms with Gasteiger partial charge in [-0.1, -0.05) is 38.1 Å². The average Bonchev–Trinajstić information content (AvgIpc) is 3.42. The predicted octanol–water partition coefficient (Wildman–Crippen LogP) is 3.91. The highest BCUT2D eigenvalue weighted by molar-refractivity contribution is 5.95. The highest BCUT2D eigenvalue weighted by atomic mass is 16.2. The van der Waals surface area contributed by atoms with Gasteiger partial charge in [-0.3, -0.25) is 9.59 Å². The maximum absolute atomic E-state index is 13.6. The van der Waals surface area contributed by atoms with Crippen LogP contribution in [-0.4, -0.2) is 32.0 Å². The first kappa shape index (κ1) is 21.1. The molecule has 0 atom stereocenters. The largest absolute Gasteiger partial charge is 0.310 e. The molecule has 1 aliphatic heterocycles. The molecule has 7 nitrogen and oxygen atoms in total. The lowest BCUT2D eigenvalue weighted by Crippen LogP contribution is -2.37. The van der Waals surface area contributed by atoms with Gasteiger partial charge in [0.2, 0.25) is 5.91 Å². The molecule has 0 unspecified atom stereocenters. The summed E-state index contributed by atoms with van der Waals surface area (Å²) in [6.07, 6.45) is 2.53. The van der Waals surface area contributed by atoms with Crippen molar-refractivity contribution in [2.75, 3.05) is 11.4 Å². The van der Waals surface area contributed by atoms with E-state index in [0.29, 0.717) is 12.1 Å². The maximum Gasteiger partial charge on any atom is 0.293 e. The summed E-state index contributed by atoms with van der Waals surface area (Å²) in [7, 11) is 0. The third-order valence-corrected chi connectivity index (χ3v) is 6.47. The number of carbonyl (C=O) groups is 1. The first-order chi connectivity index (χ1) is 15.8. The SMILES string of the molecule is Cc1ccc(-n2ncc3c(C(C)C)nn(CC(=O)N4CCc5ccccc54)c(=O)c32)cc1C. The molecule has 4 aromatic rings. The summed E-state index contributed by atoms with van der Waals surface area (Å²) in [5.74, 6) is -0.0692. The van der Waals surface area contributed by atoms with E-state index in [1.807, 2.05) is 63.2 Å². The van der Waals surface area contributed by atoms with Crippen molar-refractivity contribution in [1.82, 2.24) is 19.6 Å². The molecule has 1 amide bonds. The van der Waals surface area contributed by atoms with E-state index in [-0.39, 0.29) is 23.9 Å². The van der Waals surface area contributed by atoms with Crippen molar-refractivity contribution in [3.63, 3.8) is 0 Å². The molecular formula is C26H27N5O2. The molecule has 0 aliphatic carbocycles. The molecule has 5 rings (SSSR count). The number of hydrogen-bond donors (Lipinski definition) is 0. The topological polar surface area (TPSA) is 73.0 Å². The van der Waals surface area contributed by atoms with Crippen LogP contribution in [0.25, 0.3) is 16.6 Å². The quantitative estimate of drug-likeness (QED) is 0.481. The van der Waals surface area contributed by atoms with Crippen LogP contribution in [0.2, 0.25) is 0 Å². The summed E-state index contributed by atoms with van der Waals surface area (Å²) in [5.41, 5.74) is 6.08. The zero-order chi connectivity index (χ0) is 23.3. The number of carbonyl (C=O) groups excluding carboxylic acids is 1. The van der Waals surface area contributed by atoms with Crippen molar-refractivity contribution >= 4 is 22.5 Å². The molecule has 0 radical (unpaired) electrons. The Hall–Kier alpha value is -3.74. The summed E-state index contributed by atoms with van der Waals surface area (Å²) in [6, 6.07) is 13.9. The van der Waals surface area contributed by atoms with Crippen molar-refractivity contribution < 1.29 is 4.79 Å². The van der Waals surface area contributed by atoms with Crippen LogP contribution in [0.5, 0.6) is 0 Å². The van der Waals surface area contributed by atoms with Crippen molar-refractivity contribution in [2.45, 2.75) is 46.6 Å². The summed E-state index contributed by atoms with van der Waals surface area (Å²) in [5, 5.41) is 9.87. The minimum absolute atomic E-state index is 0.0689. The molecule has 0 N–H and O–H groups in total. The monoisotopic (exact) mass is 441 g/mol. The molecule has 33 heavy (non-hydrogen) atoms. The molecular weight excluding hydrogens is 414 g/mol. The number of amides is 1. The minimum Gasteiger partial charge on any atom is -0.310 e. The second-order valence-electron chi connectivity index (χ2n) is 9.01. The van der Waals surface area contributed by atoms with Crippen LogP contribution >= 0.6 is 0 Å². The molecule has 0 bridgehead atoms. The van der Waals surface area contributed by atoms with E-state index in [4.69, 9.17) is 0 Å². The van der Waals surface area contributed by atoms with Crippen LogP contribution < -0.4 is 10.5 Å². The number of nitrogens with zero attached hydrogens (tertiary/aromatic N) is 5. The third-order valence-electron chi connectivity index (χ3n) is 6.47. The molecule has 2 aromatic heterocycles. The van der Waals surface area contributed by atoms with E-state index >= 15 is 0 Å². The summed E-state index contributed by atoms with van der Waals surface area (Å²) >= 11 is 0. The number of anilines is 1. The number of aryl methyl sites for hydroxylation is 2. The predicted molar refractivity (Wildman–Crippen MR) is 129 cm³/mol. The first-order valence-corrected chi connectivity index (χ1v) is 11.3. The molecule has 0 fully saturated rings. The van der Waals surface area contributed by atoms with E-state index in [2.05, 4.69) is 17.1 Å². The Morgan fingerprint density at radius 2 is 1.88 bits per heavy atom. The second kappa shape index (κ2) is 7.99. The van der Waals surface area contributed by atoms with Gasteiger partial charge in [-0.05, 0) is 61.1 Å². The normalized spacial score (nSPS) is 13.2. The van der Waals surface area contributed by atoms with Crippen molar-refractivity contribution in [3.8, 4) is 5.69 Å². The van der Waals surface area contributed by atoms with E-state index in [9.17, 15) is 9.59 Å². The molecule has 168 valence electrons. The summed E-state index contributed by atoms with van der Waals surface area (Å²) < 4.78 is 2.98. The smallest absolute Gasteiger partial charge is 0.293 e. The van der Waals surface area contributed by atoms with Crippen LogP contribution in [-0.2, 0) is 17.8 Å². The van der Waals surface area contributed by atoms with E-state index in [1.165, 1.54) is 10.2 Å². The van der Waals surface area contributed by atoms with E-state index in [0.717, 1.165) is 40.0 Å².